The van der Waals surface area contributed by atoms with Crippen molar-refractivity contribution < 1.29 is 9.59 Å². The minimum atomic E-state index is -0.146. The molecule has 1 saturated heterocycles. The molecule has 0 atom stereocenters. The van der Waals surface area contributed by atoms with Crippen LogP contribution in [0.1, 0.15) is 22.3 Å². The number of hydrogen-bond donors (Lipinski definition) is 1. The van der Waals surface area contributed by atoms with Crippen molar-refractivity contribution in [2.75, 3.05) is 37.6 Å². The summed E-state index contributed by atoms with van der Waals surface area (Å²) in [4.78, 5) is 36.8. The van der Waals surface area contributed by atoms with Crippen LogP contribution in [0.3, 0.4) is 0 Å². The molecule has 1 aromatic carbocycles. The minimum absolute atomic E-state index is 0.0585. The predicted octanol–water partition coefficient (Wildman–Crippen LogP) is 1.25. The first-order chi connectivity index (χ1) is 12.6. The Balaban J connectivity index is 1.41. The maximum absolute atomic E-state index is 12.3. The predicted molar refractivity (Wildman–Crippen MR) is 99.0 cm³/mol. The van der Waals surface area contributed by atoms with Gasteiger partial charge in [0.2, 0.25) is 11.9 Å². The highest BCUT2D eigenvalue weighted by molar-refractivity contribution is 5.94. The highest BCUT2D eigenvalue weighted by Crippen LogP contribution is 2.10. The van der Waals surface area contributed by atoms with E-state index in [1.807, 2.05) is 30.0 Å². The molecule has 136 valence electrons. The summed E-state index contributed by atoms with van der Waals surface area (Å²) in [5, 5.41) is 2.81. The summed E-state index contributed by atoms with van der Waals surface area (Å²) in [5.74, 6) is 0.612. The summed E-state index contributed by atoms with van der Waals surface area (Å²) < 4.78 is 0. The topological polar surface area (TPSA) is 78.4 Å². The Bertz CT molecular complexity index is 758. The van der Waals surface area contributed by atoms with E-state index in [-0.39, 0.29) is 11.8 Å². The van der Waals surface area contributed by atoms with Crippen molar-refractivity contribution in [1.29, 1.82) is 0 Å². The zero-order chi connectivity index (χ0) is 18.4. The molecule has 0 spiro atoms. The first kappa shape index (κ1) is 17.8. The zero-order valence-electron chi connectivity index (χ0n) is 14.9. The summed E-state index contributed by atoms with van der Waals surface area (Å²) >= 11 is 0. The highest BCUT2D eigenvalue weighted by atomic mass is 16.2. The molecule has 0 saturated carbocycles. The molecule has 7 heteroatoms. The fraction of sp³-hybridized carbons (Fsp3) is 0.368. The fourth-order valence-electron chi connectivity index (χ4n) is 2.94. The first-order valence-corrected chi connectivity index (χ1v) is 8.78. The van der Waals surface area contributed by atoms with Crippen molar-refractivity contribution in [2.45, 2.75) is 13.3 Å². The van der Waals surface area contributed by atoms with E-state index in [0.717, 1.165) is 5.56 Å². The van der Waals surface area contributed by atoms with Crippen LogP contribution in [-0.2, 0) is 4.79 Å². The second-order valence-electron chi connectivity index (χ2n) is 6.29. The maximum Gasteiger partial charge on any atom is 0.251 e. The second-order valence-corrected chi connectivity index (χ2v) is 6.29. The Labute approximate surface area is 153 Å². The minimum Gasteiger partial charge on any atom is -0.352 e. The molecule has 0 unspecified atom stereocenters. The molecule has 0 aliphatic carbocycles. The van der Waals surface area contributed by atoms with Crippen molar-refractivity contribution in [3.63, 3.8) is 0 Å². The smallest absolute Gasteiger partial charge is 0.251 e. The average Bonchev–Trinajstić information content (AvgIpc) is 2.68. The molecule has 1 aliphatic heterocycles. The summed E-state index contributed by atoms with van der Waals surface area (Å²) in [7, 11) is 0. The van der Waals surface area contributed by atoms with Crippen molar-refractivity contribution in [2.24, 2.45) is 0 Å². The number of benzene rings is 1. The average molecular weight is 353 g/mol. The van der Waals surface area contributed by atoms with E-state index in [2.05, 4.69) is 20.2 Å². The molecular formula is C19H23N5O2. The Hall–Kier alpha value is -2.96. The van der Waals surface area contributed by atoms with Gasteiger partial charge in [0.1, 0.15) is 0 Å². The lowest BCUT2D eigenvalue weighted by Gasteiger charge is -2.34. The number of amides is 2. The monoisotopic (exact) mass is 353 g/mol. The molecule has 0 radical (unpaired) electrons. The molecule has 1 aliphatic rings. The van der Waals surface area contributed by atoms with Crippen LogP contribution in [0.15, 0.2) is 42.7 Å². The molecule has 0 bridgehead atoms. The van der Waals surface area contributed by atoms with Crippen LogP contribution in [-0.4, -0.2) is 59.4 Å². The van der Waals surface area contributed by atoms with Gasteiger partial charge in [0, 0.05) is 57.1 Å². The Morgan fingerprint density at radius 2 is 1.81 bits per heavy atom. The van der Waals surface area contributed by atoms with E-state index >= 15 is 0 Å². The molecule has 26 heavy (non-hydrogen) atoms. The van der Waals surface area contributed by atoms with Crippen LogP contribution in [0.2, 0.25) is 0 Å². The van der Waals surface area contributed by atoms with Gasteiger partial charge < -0.3 is 15.1 Å². The highest BCUT2D eigenvalue weighted by Gasteiger charge is 2.22. The van der Waals surface area contributed by atoms with Gasteiger partial charge in [-0.3, -0.25) is 9.59 Å². The fourth-order valence-corrected chi connectivity index (χ4v) is 2.94. The van der Waals surface area contributed by atoms with E-state index < -0.39 is 0 Å². The van der Waals surface area contributed by atoms with Crippen LogP contribution in [0, 0.1) is 6.92 Å². The summed E-state index contributed by atoms with van der Waals surface area (Å²) in [6.07, 6.45) is 3.74. The van der Waals surface area contributed by atoms with Gasteiger partial charge in [-0.1, -0.05) is 17.7 Å². The molecule has 2 amide bonds. The summed E-state index contributed by atoms with van der Waals surface area (Å²) in [6, 6.07) is 9.19. The number of aromatic nitrogens is 2. The van der Waals surface area contributed by atoms with Crippen molar-refractivity contribution in [3.05, 3.63) is 53.9 Å². The van der Waals surface area contributed by atoms with Gasteiger partial charge in [-0.25, -0.2) is 9.97 Å². The summed E-state index contributed by atoms with van der Waals surface area (Å²) in [5.41, 5.74) is 1.66. The number of nitrogens with zero attached hydrogens (tertiary/aromatic N) is 4. The first-order valence-electron chi connectivity index (χ1n) is 8.78. The normalized spacial score (nSPS) is 14.2. The van der Waals surface area contributed by atoms with E-state index in [4.69, 9.17) is 0 Å². The number of carbonyl (C=O) groups excluding carboxylic acids is 2. The number of rotatable bonds is 5. The van der Waals surface area contributed by atoms with Crippen LogP contribution < -0.4 is 10.2 Å². The van der Waals surface area contributed by atoms with Crippen LogP contribution in [0.25, 0.3) is 0 Å². The number of carbonyl (C=O) groups is 2. The zero-order valence-corrected chi connectivity index (χ0v) is 14.9. The number of hydrogen-bond acceptors (Lipinski definition) is 5. The lowest BCUT2D eigenvalue weighted by molar-refractivity contribution is -0.131. The molecule has 3 rings (SSSR count). The molecule has 7 nitrogen and oxygen atoms in total. The van der Waals surface area contributed by atoms with Gasteiger partial charge in [0.15, 0.2) is 0 Å². The van der Waals surface area contributed by atoms with Gasteiger partial charge in [-0.05, 0) is 25.1 Å². The van der Waals surface area contributed by atoms with Crippen LogP contribution in [0.4, 0.5) is 5.95 Å². The third-order valence-corrected chi connectivity index (χ3v) is 4.37. The van der Waals surface area contributed by atoms with Gasteiger partial charge >= 0.3 is 0 Å². The largest absolute Gasteiger partial charge is 0.352 e. The van der Waals surface area contributed by atoms with Gasteiger partial charge in [0.25, 0.3) is 5.91 Å². The van der Waals surface area contributed by atoms with E-state index in [1.165, 1.54) is 0 Å². The number of nitrogens with one attached hydrogen (secondary N) is 1. The van der Waals surface area contributed by atoms with Crippen molar-refractivity contribution in [1.82, 2.24) is 20.2 Å². The van der Waals surface area contributed by atoms with Crippen LogP contribution in [0.5, 0.6) is 0 Å². The standard InChI is InChI=1S/C19H23N5O2/c1-15-4-2-5-16(14-15)18(26)20-9-6-17(25)23-10-12-24(13-11-23)19-21-7-3-8-22-19/h2-5,7-8,14H,6,9-13H2,1H3,(H,20,26). The number of anilines is 1. The Morgan fingerprint density at radius 3 is 2.50 bits per heavy atom. The van der Waals surface area contributed by atoms with Gasteiger partial charge in [-0.15, -0.1) is 0 Å². The Morgan fingerprint density at radius 1 is 1.08 bits per heavy atom. The number of aryl methyl sites for hydroxylation is 1. The lowest BCUT2D eigenvalue weighted by Crippen LogP contribution is -2.49. The number of piperazine rings is 1. The molecular weight excluding hydrogens is 330 g/mol. The molecule has 2 aromatic rings. The van der Waals surface area contributed by atoms with E-state index in [0.29, 0.717) is 50.7 Å². The van der Waals surface area contributed by atoms with Gasteiger partial charge in [0.05, 0.1) is 0 Å². The van der Waals surface area contributed by atoms with E-state index in [9.17, 15) is 9.59 Å². The van der Waals surface area contributed by atoms with Gasteiger partial charge in [-0.2, -0.15) is 0 Å². The Kier molecular flexibility index (Phi) is 5.78. The lowest BCUT2D eigenvalue weighted by atomic mass is 10.1. The quantitative estimate of drug-likeness (QED) is 0.875. The molecule has 2 heterocycles. The molecule has 1 fully saturated rings. The SMILES string of the molecule is Cc1cccc(C(=O)NCCC(=O)N2CCN(c3ncccn3)CC2)c1. The van der Waals surface area contributed by atoms with E-state index in [1.54, 1.807) is 24.5 Å². The third-order valence-electron chi connectivity index (χ3n) is 4.37. The second kappa shape index (κ2) is 8.42. The third kappa shape index (κ3) is 4.56. The molecule has 1 aromatic heterocycles. The summed E-state index contributed by atoms with van der Waals surface area (Å²) in [6.45, 7) is 5.00. The van der Waals surface area contributed by atoms with Crippen LogP contribution >= 0.6 is 0 Å². The molecule has 1 N–H and O–H groups in total. The van der Waals surface area contributed by atoms with Crippen molar-refractivity contribution >= 4 is 17.8 Å². The maximum atomic E-state index is 12.3. The van der Waals surface area contributed by atoms with Crippen molar-refractivity contribution in [3.8, 4) is 0 Å².